The first kappa shape index (κ1) is 19.7. The zero-order valence-corrected chi connectivity index (χ0v) is 15.3. The van der Waals surface area contributed by atoms with Crippen LogP contribution in [-0.4, -0.2) is 34.5 Å². The monoisotopic (exact) mass is 393 g/mol. The number of carbonyl (C=O) groups excluding carboxylic acids is 2. The van der Waals surface area contributed by atoms with Crippen molar-refractivity contribution >= 4 is 17.6 Å². The van der Waals surface area contributed by atoms with Crippen molar-refractivity contribution in [1.82, 2.24) is 9.88 Å². The van der Waals surface area contributed by atoms with Gasteiger partial charge in [0.1, 0.15) is 11.6 Å². The number of pyridine rings is 1. The van der Waals surface area contributed by atoms with Crippen molar-refractivity contribution in [2.45, 2.75) is 33.1 Å². The van der Waals surface area contributed by atoms with Crippen LogP contribution in [0.2, 0.25) is 0 Å². The van der Waals surface area contributed by atoms with Gasteiger partial charge in [0.25, 0.3) is 5.91 Å². The normalized spacial score (nSPS) is 13.5. The molecule has 2 heterocycles. The van der Waals surface area contributed by atoms with Crippen molar-refractivity contribution in [1.29, 1.82) is 0 Å². The summed E-state index contributed by atoms with van der Waals surface area (Å²) in [6, 6.07) is 6.38. The summed E-state index contributed by atoms with van der Waals surface area (Å²) in [6.45, 7) is 2.21. The molecule has 6 nitrogen and oxygen atoms in total. The van der Waals surface area contributed by atoms with Crippen LogP contribution in [0.5, 0.6) is 5.75 Å². The summed E-state index contributed by atoms with van der Waals surface area (Å²) in [7, 11) is 0. The minimum absolute atomic E-state index is 0.147. The van der Waals surface area contributed by atoms with Crippen molar-refractivity contribution in [2.75, 3.05) is 11.9 Å². The fourth-order valence-corrected chi connectivity index (χ4v) is 3.04. The Morgan fingerprint density at radius 2 is 2.07 bits per heavy atom. The lowest BCUT2D eigenvalue weighted by molar-refractivity contribution is -0.153. The number of nitrogens with one attached hydrogen (secondary N) is 1. The highest BCUT2D eigenvalue weighted by Gasteiger charge is 2.31. The summed E-state index contributed by atoms with van der Waals surface area (Å²) in [5, 5.41) is 2.62. The first-order valence-electron chi connectivity index (χ1n) is 8.48. The third-order valence-corrected chi connectivity index (χ3v) is 4.22. The molecule has 1 aliphatic heterocycles. The van der Waals surface area contributed by atoms with E-state index in [0.29, 0.717) is 22.5 Å². The smallest absolute Gasteiger partial charge is 0.422 e. The molecule has 0 unspecified atom stereocenters. The van der Waals surface area contributed by atoms with Crippen LogP contribution in [0.3, 0.4) is 0 Å². The number of nitrogens with zero attached hydrogens (tertiary/aromatic N) is 2. The van der Waals surface area contributed by atoms with Crippen molar-refractivity contribution in [3.05, 3.63) is 52.7 Å². The molecule has 9 heteroatoms. The third-order valence-electron chi connectivity index (χ3n) is 4.22. The molecule has 0 radical (unpaired) electrons. The second kappa shape index (κ2) is 7.49. The van der Waals surface area contributed by atoms with Gasteiger partial charge in [0.15, 0.2) is 6.61 Å². The summed E-state index contributed by atoms with van der Waals surface area (Å²) < 4.78 is 41.7. The van der Waals surface area contributed by atoms with Crippen LogP contribution >= 0.6 is 0 Å². The molecule has 148 valence electrons. The zero-order chi connectivity index (χ0) is 20.5. The van der Waals surface area contributed by atoms with Crippen LogP contribution in [0.15, 0.2) is 30.5 Å². The van der Waals surface area contributed by atoms with Gasteiger partial charge in [0.2, 0.25) is 5.91 Å². The van der Waals surface area contributed by atoms with E-state index in [-0.39, 0.29) is 30.7 Å². The fraction of sp³-hybridized carbons (Fsp3) is 0.316. The number of benzene rings is 1. The summed E-state index contributed by atoms with van der Waals surface area (Å²) in [4.78, 5) is 29.7. The first-order valence-corrected chi connectivity index (χ1v) is 8.48. The molecule has 0 spiro atoms. The van der Waals surface area contributed by atoms with E-state index in [9.17, 15) is 22.8 Å². The minimum Gasteiger partial charge on any atom is -0.484 e. The van der Waals surface area contributed by atoms with Gasteiger partial charge in [-0.15, -0.1) is 0 Å². The second-order valence-electron chi connectivity index (χ2n) is 6.53. The number of aryl methyl sites for hydroxylation is 1. The third kappa shape index (κ3) is 4.41. The molecule has 0 saturated heterocycles. The number of fused-ring (bicyclic) bond motifs is 1. The Bertz CT molecular complexity index is 928. The number of amides is 2. The van der Waals surface area contributed by atoms with Gasteiger partial charge in [-0.1, -0.05) is 12.1 Å². The highest BCUT2D eigenvalue weighted by Crippen LogP contribution is 2.30. The van der Waals surface area contributed by atoms with E-state index < -0.39 is 12.8 Å². The molecule has 0 atom stereocenters. The molecule has 0 saturated carbocycles. The van der Waals surface area contributed by atoms with Gasteiger partial charge in [-0.3, -0.25) is 9.59 Å². The molecule has 2 aromatic rings. The maximum absolute atomic E-state index is 12.6. The SMILES string of the molecule is CC(=O)Nc1nccc2c1CN(Cc1ccc(OCC(F)(F)F)c(C)c1)C2=O. The van der Waals surface area contributed by atoms with Crippen LogP contribution < -0.4 is 10.1 Å². The van der Waals surface area contributed by atoms with Gasteiger partial charge in [0, 0.05) is 30.8 Å². The number of carbonyl (C=O) groups is 2. The molecule has 1 aromatic carbocycles. The second-order valence-corrected chi connectivity index (χ2v) is 6.53. The van der Waals surface area contributed by atoms with Crippen LogP contribution in [0, 0.1) is 6.92 Å². The first-order chi connectivity index (χ1) is 13.1. The highest BCUT2D eigenvalue weighted by atomic mass is 19.4. The van der Waals surface area contributed by atoms with E-state index >= 15 is 0 Å². The molecule has 1 aromatic heterocycles. The molecule has 1 aliphatic rings. The number of aromatic nitrogens is 1. The molecular weight excluding hydrogens is 375 g/mol. The average molecular weight is 393 g/mol. The lowest BCUT2D eigenvalue weighted by atomic mass is 10.1. The van der Waals surface area contributed by atoms with Gasteiger partial charge in [-0.05, 0) is 30.2 Å². The number of anilines is 1. The maximum atomic E-state index is 12.6. The Labute approximate surface area is 159 Å². The van der Waals surface area contributed by atoms with Crippen LogP contribution in [0.1, 0.15) is 34.0 Å². The van der Waals surface area contributed by atoms with Crippen LogP contribution in [0.25, 0.3) is 0 Å². The Morgan fingerprint density at radius 1 is 1.32 bits per heavy atom. The van der Waals surface area contributed by atoms with Crippen LogP contribution in [0.4, 0.5) is 19.0 Å². The number of alkyl halides is 3. The predicted molar refractivity (Wildman–Crippen MR) is 94.8 cm³/mol. The Balaban J connectivity index is 1.73. The Morgan fingerprint density at radius 3 is 2.71 bits per heavy atom. The van der Waals surface area contributed by atoms with Crippen molar-refractivity contribution < 1.29 is 27.5 Å². The summed E-state index contributed by atoms with van der Waals surface area (Å²) in [5.74, 6) is 0.0260. The minimum atomic E-state index is -4.40. The number of ether oxygens (including phenoxy) is 1. The van der Waals surface area contributed by atoms with Crippen LogP contribution in [-0.2, 0) is 17.9 Å². The van der Waals surface area contributed by atoms with E-state index in [2.05, 4.69) is 10.3 Å². The van der Waals surface area contributed by atoms with Crippen molar-refractivity contribution in [3.8, 4) is 5.75 Å². The molecule has 28 heavy (non-hydrogen) atoms. The predicted octanol–water partition coefficient (Wildman–Crippen LogP) is 3.45. The molecule has 0 aliphatic carbocycles. The van der Waals surface area contributed by atoms with E-state index in [1.165, 1.54) is 19.2 Å². The largest absolute Gasteiger partial charge is 0.484 e. The molecule has 3 rings (SSSR count). The molecule has 1 N–H and O–H groups in total. The molecular formula is C19H18F3N3O3. The van der Waals surface area contributed by atoms with Gasteiger partial charge in [0.05, 0.1) is 6.54 Å². The lowest BCUT2D eigenvalue weighted by Crippen LogP contribution is -2.23. The van der Waals surface area contributed by atoms with Gasteiger partial charge in [-0.25, -0.2) is 4.98 Å². The summed E-state index contributed by atoms with van der Waals surface area (Å²) in [5.41, 5.74) is 2.42. The van der Waals surface area contributed by atoms with E-state index in [1.807, 2.05) is 0 Å². The quantitative estimate of drug-likeness (QED) is 0.845. The number of hydrogen-bond acceptors (Lipinski definition) is 4. The molecule has 0 fully saturated rings. The summed E-state index contributed by atoms with van der Waals surface area (Å²) >= 11 is 0. The molecule has 0 bridgehead atoms. The van der Waals surface area contributed by atoms with E-state index in [1.54, 1.807) is 30.0 Å². The topological polar surface area (TPSA) is 71.5 Å². The van der Waals surface area contributed by atoms with Crippen molar-refractivity contribution in [3.63, 3.8) is 0 Å². The Hall–Kier alpha value is -3.10. The average Bonchev–Trinajstić information content (AvgIpc) is 2.90. The number of hydrogen-bond donors (Lipinski definition) is 1. The summed E-state index contributed by atoms with van der Waals surface area (Å²) in [6.07, 6.45) is -2.94. The maximum Gasteiger partial charge on any atom is 0.422 e. The van der Waals surface area contributed by atoms with Gasteiger partial charge in [-0.2, -0.15) is 13.2 Å². The highest BCUT2D eigenvalue weighted by molar-refractivity contribution is 6.01. The Kier molecular flexibility index (Phi) is 5.26. The lowest BCUT2D eigenvalue weighted by Gasteiger charge is -2.17. The van der Waals surface area contributed by atoms with Crippen molar-refractivity contribution in [2.24, 2.45) is 0 Å². The van der Waals surface area contributed by atoms with Gasteiger partial charge < -0.3 is 15.0 Å². The number of halogens is 3. The van der Waals surface area contributed by atoms with Gasteiger partial charge >= 0.3 is 6.18 Å². The van der Waals surface area contributed by atoms with E-state index in [0.717, 1.165) is 5.56 Å². The standard InChI is InChI=1S/C19H18F3N3O3/c1-11-7-13(3-4-16(11)28-10-19(20,21)22)8-25-9-15-14(18(25)27)5-6-23-17(15)24-12(2)26/h3-7H,8-10H2,1-2H3,(H,23,24,26). The number of rotatable bonds is 5. The van der Waals surface area contributed by atoms with E-state index in [4.69, 9.17) is 4.74 Å². The molecule has 2 amide bonds. The zero-order valence-electron chi connectivity index (χ0n) is 15.3. The fourth-order valence-electron chi connectivity index (χ4n) is 3.04.